The lowest BCUT2D eigenvalue weighted by atomic mass is 9.97. The summed E-state index contributed by atoms with van der Waals surface area (Å²) in [6.07, 6.45) is 2.98. The molecule has 0 aliphatic carbocycles. The van der Waals surface area contributed by atoms with Gasteiger partial charge in [-0.3, -0.25) is 4.79 Å². The molecule has 4 heteroatoms. The van der Waals surface area contributed by atoms with Crippen LogP contribution in [-0.2, 0) is 4.79 Å². The van der Waals surface area contributed by atoms with Gasteiger partial charge in [-0.2, -0.15) is 5.26 Å². The van der Waals surface area contributed by atoms with Crippen molar-refractivity contribution in [3.63, 3.8) is 0 Å². The number of hydrogen-bond acceptors (Lipinski definition) is 3. The molecule has 0 spiro atoms. The summed E-state index contributed by atoms with van der Waals surface area (Å²) in [5.74, 6) is 0.161. The largest absolute Gasteiger partial charge is 0.360 e. The first-order valence-corrected chi connectivity index (χ1v) is 6.48. The first-order chi connectivity index (χ1) is 8.63. The second-order valence-corrected chi connectivity index (χ2v) is 5.03. The molecule has 0 amide bonds. The number of rotatable bonds is 2. The fourth-order valence-electron chi connectivity index (χ4n) is 2.49. The molecule has 0 saturated carbocycles. The average Bonchev–Trinajstić information content (AvgIpc) is 2.38. The first-order valence-electron chi connectivity index (χ1n) is 6.10. The number of piperidine rings is 1. The van der Waals surface area contributed by atoms with Crippen LogP contribution in [0.3, 0.4) is 0 Å². The molecule has 3 nitrogen and oxygen atoms in total. The van der Waals surface area contributed by atoms with Gasteiger partial charge in [-0.15, -0.1) is 0 Å². The number of carbonyl (C=O) groups is 1. The Morgan fingerprint density at radius 1 is 1.50 bits per heavy atom. The van der Waals surface area contributed by atoms with Crippen LogP contribution >= 0.6 is 11.6 Å². The quantitative estimate of drug-likeness (QED) is 0.822. The van der Waals surface area contributed by atoms with Crippen LogP contribution in [0.4, 0.5) is 5.69 Å². The fraction of sp³-hybridized carbons (Fsp3) is 0.429. The van der Waals surface area contributed by atoms with Crippen LogP contribution < -0.4 is 4.90 Å². The number of carbonyl (C=O) groups excluding carboxylic acids is 1. The van der Waals surface area contributed by atoms with Gasteiger partial charge in [0.25, 0.3) is 0 Å². The van der Waals surface area contributed by atoms with Crippen molar-refractivity contribution in [2.75, 3.05) is 11.4 Å². The van der Waals surface area contributed by atoms with Crippen molar-refractivity contribution in [3.8, 4) is 6.07 Å². The molecule has 1 fully saturated rings. The molecule has 2 rings (SSSR count). The number of halogens is 1. The van der Waals surface area contributed by atoms with Gasteiger partial charge in [0.2, 0.25) is 0 Å². The Bertz CT molecular complexity index is 507. The number of benzene rings is 1. The van der Waals surface area contributed by atoms with E-state index in [1.54, 1.807) is 19.1 Å². The third-order valence-electron chi connectivity index (χ3n) is 3.36. The topological polar surface area (TPSA) is 44.1 Å². The lowest BCUT2D eigenvalue weighted by Crippen LogP contribution is -2.44. The Labute approximate surface area is 112 Å². The molecule has 1 aromatic rings. The molecule has 18 heavy (non-hydrogen) atoms. The SMILES string of the molecule is CC(=O)C1CCCCN1c1ccc(Cl)cc1C#N. The summed E-state index contributed by atoms with van der Waals surface area (Å²) < 4.78 is 0. The predicted octanol–water partition coefficient (Wildman–Crippen LogP) is 3.16. The third kappa shape index (κ3) is 2.49. The molecule has 0 radical (unpaired) electrons. The Balaban J connectivity index is 2.40. The molecule has 1 unspecified atom stereocenters. The summed E-state index contributed by atoms with van der Waals surface area (Å²) in [6, 6.07) is 7.31. The Hall–Kier alpha value is -1.53. The van der Waals surface area contributed by atoms with Gasteiger partial charge in [0.15, 0.2) is 5.78 Å². The van der Waals surface area contributed by atoms with Gasteiger partial charge < -0.3 is 4.90 Å². The van der Waals surface area contributed by atoms with Gasteiger partial charge in [-0.1, -0.05) is 11.6 Å². The Kier molecular flexibility index (Phi) is 3.88. The van der Waals surface area contributed by atoms with E-state index in [0.29, 0.717) is 10.6 Å². The molecule has 0 aromatic heterocycles. The molecule has 1 atom stereocenters. The summed E-state index contributed by atoms with van der Waals surface area (Å²) in [7, 11) is 0. The molecule has 0 bridgehead atoms. The number of nitrogens with zero attached hydrogens (tertiary/aromatic N) is 2. The molecule has 1 aliphatic rings. The van der Waals surface area contributed by atoms with Crippen molar-refractivity contribution in [1.82, 2.24) is 0 Å². The van der Waals surface area contributed by atoms with Gasteiger partial charge >= 0.3 is 0 Å². The zero-order valence-corrected chi connectivity index (χ0v) is 11.1. The van der Waals surface area contributed by atoms with E-state index >= 15 is 0 Å². The second kappa shape index (κ2) is 5.41. The van der Waals surface area contributed by atoms with Gasteiger partial charge in [0.1, 0.15) is 6.07 Å². The minimum atomic E-state index is -0.105. The molecule has 1 saturated heterocycles. The van der Waals surface area contributed by atoms with Crippen molar-refractivity contribution in [2.24, 2.45) is 0 Å². The monoisotopic (exact) mass is 262 g/mol. The zero-order valence-electron chi connectivity index (χ0n) is 10.3. The average molecular weight is 263 g/mol. The molecule has 1 aliphatic heterocycles. The third-order valence-corrected chi connectivity index (χ3v) is 3.60. The van der Waals surface area contributed by atoms with Crippen molar-refractivity contribution < 1.29 is 4.79 Å². The van der Waals surface area contributed by atoms with Gasteiger partial charge in [0, 0.05) is 11.6 Å². The highest BCUT2D eigenvalue weighted by Gasteiger charge is 2.27. The maximum atomic E-state index is 11.7. The normalized spacial score (nSPS) is 19.4. The zero-order chi connectivity index (χ0) is 13.1. The van der Waals surface area contributed by atoms with Crippen LogP contribution in [-0.4, -0.2) is 18.4 Å². The maximum absolute atomic E-state index is 11.7. The van der Waals surface area contributed by atoms with E-state index in [4.69, 9.17) is 11.6 Å². The van der Waals surface area contributed by atoms with Gasteiger partial charge in [0.05, 0.1) is 17.3 Å². The van der Waals surface area contributed by atoms with Crippen LogP contribution in [0.1, 0.15) is 31.7 Å². The van der Waals surface area contributed by atoms with E-state index in [1.807, 2.05) is 11.0 Å². The van der Waals surface area contributed by atoms with Crippen LogP contribution in [0, 0.1) is 11.3 Å². The standard InChI is InChI=1S/C14H15ClN2O/c1-10(18)13-4-2-3-7-17(13)14-6-5-12(15)8-11(14)9-16/h5-6,8,13H,2-4,7H2,1H3. The molecule has 1 aromatic carbocycles. The number of Topliss-reactive ketones (excluding diaryl/α,β-unsaturated/α-hetero) is 1. The molecule has 1 heterocycles. The second-order valence-electron chi connectivity index (χ2n) is 4.59. The summed E-state index contributed by atoms with van der Waals surface area (Å²) >= 11 is 5.90. The molecular formula is C14H15ClN2O. The highest BCUT2D eigenvalue weighted by atomic mass is 35.5. The highest BCUT2D eigenvalue weighted by molar-refractivity contribution is 6.30. The van der Waals surface area contributed by atoms with Crippen molar-refractivity contribution in [1.29, 1.82) is 5.26 Å². The minimum Gasteiger partial charge on any atom is -0.360 e. The number of nitriles is 1. The first kappa shape index (κ1) is 12.9. The number of ketones is 1. The molecular weight excluding hydrogens is 248 g/mol. The van der Waals surface area contributed by atoms with E-state index in [0.717, 1.165) is 31.5 Å². The molecule has 0 N–H and O–H groups in total. The Morgan fingerprint density at radius 3 is 2.94 bits per heavy atom. The van der Waals surface area contributed by atoms with E-state index in [2.05, 4.69) is 6.07 Å². The number of anilines is 1. The summed E-state index contributed by atoms with van der Waals surface area (Å²) in [6.45, 7) is 2.44. The minimum absolute atomic E-state index is 0.105. The predicted molar refractivity (Wildman–Crippen MR) is 71.8 cm³/mol. The van der Waals surface area contributed by atoms with E-state index < -0.39 is 0 Å². The van der Waals surface area contributed by atoms with Gasteiger partial charge in [-0.25, -0.2) is 0 Å². The smallest absolute Gasteiger partial charge is 0.152 e. The summed E-state index contributed by atoms with van der Waals surface area (Å²) in [4.78, 5) is 13.7. The van der Waals surface area contributed by atoms with Crippen LogP contribution in [0.2, 0.25) is 5.02 Å². The lowest BCUT2D eigenvalue weighted by molar-refractivity contribution is -0.118. The lowest BCUT2D eigenvalue weighted by Gasteiger charge is -2.36. The number of hydrogen-bond donors (Lipinski definition) is 0. The van der Waals surface area contributed by atoms with Gasteiger partial charge in [-0.05, 0) is 44.4 Å². The van der Waals surface area contributed by atoms with Crippen LogP contribution in [0.5, 0.6) is 0 Å². The Morgan fingerprint density at radius 2 is 2.28 bits per heavy atom. The fourth-order valence-corrected chi connectivity index (χ4v) is 2.66. The van der Waals surface area contributed by atoms with Crippen molar-refractivity contribution in [2.45, 2.75) is 32.2 Å². The van der Waals surface area contributed by atoms with Crippen LogP contribution in [0.15, 0.2) is 18.2 Å². The van der Waals surface area contributed by atoms with Crippen molar-refractivity contribution >= 4 is 23.1 Å². The van der Waals surface area contributed by atoms with E-state index in [1.165, 1.54) is 0 Å². The summed E-state index contributed by atoms with van der Waals surface area (Å²) in [5, 5.41) is 9.73. The summed E-state index contributed by atoms with van der Waals surface area (Å²) in [5.41, 5.74) is 1.36. The maximum Gasteiger partial charge on any atom is 0.152 e. The van der Waals surface area contributed by atoms with E-state index in [9.17, 15) is 10.1 Å². The van der Waals surface area contributed by atoms with Crippen molar-refractivity contribution in [3.05, 3.63) is 28.8 Å². The molecule has 94 valence electrons. The van der Waals surface area contributed by atoms with E-state index in [-0.39, 0.29) is 11.8 Å². The van der Waals surface area contributed by atoms with Crippen LogP contribution in [0.25, 0.3) is 0 Å². The highest BCUT2D eigenvalue weighted by Crippen LogP contribution is 2.29.